The van der Waals surface area contributed by atoms with Crippen molar-refractivity contribution in [3.8, 4) is 0 Å². The minimum absolute atomic E-state index is 0.0233. The highest BCUT2D eigenvalue weighted by molar-refractivity contribution is 5.84. The van der Waals surface area contributed by atoms with Crippen molar-refractivity contribution in [2.75, 3.05) is 0 Å². The molecule has 23 heavy (non-hydrogen) atoms. The zero-order valence-corrected chi connectivity index (χ0v) is 13.7. The van der Waals surface area contributed by atoms with Crippen LogP contribution in [-0.4, -0.2) is 5.91 Å². The van der Waals surface area contributed by atoms with Gasteiger partial charge in [-0.05, 0) is 36.8 Å². The lowest BCUT2D eigenvalue weighted by Crippen LogP contribution is -2.34. The maximum absolute atomic E-state index is 13.0. The van der Waals surface area contributed by atoms with E-state index in [-0.39, 0.29) is 17.9 Å². The van der Waals surface area contributed by atoms with E-state index in [2.05, 4.69) is 36.5 Å². The molecule has 2 aromatic rings. The van der Waals surface area contributed by atoms with E-state index in [1.807, 2.05) is 36.4 Å². The highest BCUT2D eigenvalue weighted by Crippen LogP contribution is 2.37. The van der Waals surface area contributed by atoms with E-state index in [1.54, 1.807) is 0 Å². The molecule has 1 N–H and O–H groups in total. The molecule has 1 aliphatic carbocycles. The molecule has 2 nitrogen and oxygen atoms in total. The summed E-state index contributed by atoms with van der Waals surface area (Å²) in [5.74, 6) is 0.615. The zero-order valence-electron chi connectivity index (χ0n) is 13.7. The van der Waals surface area contributed by atoms with Crippen molar-refractivity contribution < 1.29 is 4.79 Å². The van der Waals surface area contributed by atoms with Gasteiger partial charge in [0.1, 0.15) is 0 Å². The third kappa shape index (κ3) is 3.82. The van der Waals surface area contributed by atoms with E-state index in [4.69, 9.17) is 0 Å². The van der Waals surface area contributed by atoms with Gasteiger partial charge in [0, 0.05) is 0 Å². The van der Waals surface area contributed by atoms with Crippen LogP contribution in [0.1, 0.15) is 55.7 Å². The zero-order chi connectivity index (χ0) is 16.1. The van der Waals surface area contributed by atoms with Crippen LogP contribution in [0, 0.1) is 5.92 Å². The molecular weight excluding hydrogens is 282 g/mol. The summed E-state index contributed by atoms with van der Waals surface area (Å²) in [7, 11) is 0. The van der Waals surface area contributed by atoms with Gasteiger partial charge >= 0.3 is 0 Å². The molecule has 0 heterocycles. The van der Waals surface area contributed by atoms with Crippen LogP contribution < -0.4 is 5.32 Å². The van der Waals surface area contributed by atoms with Crippen molar-refractivity contribution in [1.29, 1.82) is 0 Å². The van der Waals surface area contributed by atoms with Crippen LogP contribution in [0.5, 0.6) is 0 Å². The molecule has 1 amide bonds. The molecule has 1 saturated carbocycles. The average Bonchev–Trinajstić information content (AvgIpc) is 3.11. The maximum Gasteiger partial charge on any atom is 0.228 e. The summed E-state index contributed by atoms with van der Waals surface area (Å²) < 4.78 is 0. The number of hydrogen-bond donors (Lipinski definition) is 1. The fourth-order valence-electron chi connectivity index (χ4n) is 3.72. The predicted molar refractivity (Wildman–Crippen MR) is 94.1 cm³/mol. The highest BCUT2D eigenvalue weighted by atomic mass is 16.2. The topological polar surface area (TPSA) is 29.1 Å². The maximum atomic E-state index is 13.0. The Morgan fingerprint density at radius 3 is 2.00 bits per heavy atom. The number of carbonyl (C=O) groups is 1. The Kier molecular flexibility index (Phi) is 5.12. The van der Waals surface area contributed by atoms with Crippen molar-refractivity contribution in [3.63, 3.8) is 0 Å². The molecule has 1 fully saturated rings. The summed E-state index contributed by atoms with van der Waals surface area (Å²) in [5, 5.41) is 3.23. The summed E-state index contributed by atoms with van der Waals surface area (Å²) in [5.41, 5.74) is 2.30. The molecule has 2 unspecified atom stereocenters. The molecule has 0 radical (unpaired) electrons. The number of benzene rings is 2. The fourth-order valence-corrected chi connectivity index (χ4v) is 3.72. The lowest BCUT2D eigenvalue weighted by atomic mass is 9.84. The quantitative estimate of drug-likeness (QED) is 0.841. The molecule has 0 aromatic heterocycles. The Balaban J connectivity index is 1.78. The van der Waals surface area contributed by atoms with Crippen molar-refractivity contribution in [3.05, 3.63) is 71.8 Å². The first-order chi connectivity index (χ1) is 11.3. The van der Waals surface area contributed by atoms with Crippen LogP contribution >= 0.6 is 0 Å². The molecule has 120 valence electrons. The first kappa shape index (κ1) is 15.8. The normalized spacial score (nSPS) is 17.6. The van der Waals surface area contributed by atoms with E-state index in [9.17, 15) is 4.79 Å². The first-order valence-electron chi connectivity index (χ1n) is 8.66. The van der Waals surface area contributed by atoms with E-state index < -0.39 is 0 Å². The molecule has 0 aliphatic heterocycles. The molecule has 0 bridgehead atoms. The third-order valence-electron chi connectivity index (χ3n) is 4.97. The van der Waals surface area contributed by atoms with Crippen LogP contribution in [0.2, 0.25) is 0 Å². The van der Waals surface area contributed by atoms with Gasteiger partial charge in [-0.25, -0.2) is 0 Å². The van der Waals surface area contributed by atoms with Gasteiger partial charge in [-0.1, -0.05) is 73.5 Å². The third-order valence-corrected chi connectivity index (χ3v) is 4.97. The van der Waals surface area contributed by atoms with Crippen LogP contribution in [0.4, 0.5) is 0 Å². The van der Waals surface area contributed by atoms with E-state index >= 15 is 0 Å². The van der Waals surface area contributed by atoms with Gasteiger partial charge in [-0.15, -0.1) is 0 Å². The minimum Gasteiger partial charge on any atom is -0.349 e. The number of hydrogen-bond acceptors (Lipinski definition) is 1. The number of amides is 1. The van der Waals surface area contributed by atoms with Gasteiger partial charge in [0.25, 0.3) is 0 Å². The second-order valence-electron chi connectivity index (χ2n) is 6.57. The molecule has 2 heteroatoms. The standard InChI is InChI=1S/C21H25NO/c1-16(17-10-4-2-5-11-17)22-21(23)20(19-14-8-9-15-19)18-12-6-3-7-13-18/h2-7,10-13,16,19-20H,8-9,14-15H2,1H3,(H,22,23). The summed E-state index contributed by atoms with van der Waals surface area (Å²) >= 11 is 0. The van der Waals surface area contributed by atoms with Crippen LogP contribution in [-0.2, 0) is 4.79 Å². The monoisotopic (exact) mass is 307 g/mol. The molecule has 3 rings (SSSR count). The van der Waals surface area contributed by atoms with E-state index in [0.29, 0.717) is 5.92 Å². The van der Waals surface area contributed by atoms with Gasteiger partial charge in [0.15, 0.2) is 0 Å². The Morgan fingerprint density at radius 1 is 0.913 bits per heavy atom. The van der Waals surface area contributed by atoms with Crippen molar-refractivity contribution in [1.82, 2.24) is 5.32 Å². The molecule has 2 aromatic carbocycles. The fraction of sp³-hybridized carbons (Fsp3) is 0.381. The highest BCUT2D eigenvalue weighted by Gasteiger charge is 2.32. The van der Waals surface area contributed by atoms with Crippen molar-refractivity contribution in [2.45, 2.75) is 44.6 Å². The second kappa shape index (κ2) is 7.45. The predicted octanol–water partition coefficient (Wildman–Crippen LogP) is 4.84. The Morgan fingerprint density at radius 2 is 1.43 bits per heavy atom. The summed E-state index contributed by atoms with van der Waals surface area (Å²) in [4.78, 5) is 13.0. The van der Waals surface area contributed by atoms with Gasteiger partial charge in [-0.3, -0.25) is 4.79 Å². The largest absolute Gasteiger partial charge is 0.349 e. The smallest absolute Gasteiger partial charge is 0.228 e. The van der Waals surface area contributed by atoms with Crippen LogP contribution in [0.15, 0.2) is 60.7 Å². The Bertz CT molecular complexity index is 617. The van der Waals surface area contributed by atoms with Gasteiger partial charge in [0.05, 0.1) is 12.0 Å². The van der Waals surface area contributed by atoms with Gasteiger partial charge in [0.2, 0.25) is 5.91 Å². The average molecular weight is 307 g/mol. The molecular formula is C21H25NO. The lowest BCUT2D eigenvalue weighted by Gasteiger charge is -2.25. The van der Waals surface area contributed by atoms with Crippen molar-refractivity contribution >= 4 is 5.91 Å². The number of rotatable bonds is 5. The Labute approximate surface area is 138 Å². The van der Waals surface area contributed by atoms with Gasteiger partial charge in [-0.2, -0.15) is 0 Å². The van der Waals surface area contributed by atoms with Gasteiger partial charge < -0.3 is 5.32 Å². The first-order valence-corrected chi connectivity index (χ1v) is 8.66. The second-order valence-corrected chi connectivity index (χ2v) is 6.57. The summed E-state index contributed by atoms with van der Waals surface area (Å²) in [6.07, 6.45) is 4.81. The summed E-state index contributed by atoms with van der Waals surface area (Å²) in [6.45, 7) is 2.06. The molecule has 1 aliphatic rings. The van der Waals surface area contributed by atoms with Crippen LogP contribution in [0.3, 0.4) is 0 Å². The van der Waals surface area contributed by atoms with E-state index in [1.165, 1.54) is 12.8 Å². The van der Waals surface area contributed by atoms with Crippen LogP contribution in [0.25, 0.3) is 0 Å². The Hall–Kier alpha value is -2.09. The summed E-state index contributed by atoms with van der Waals surface area (Å²) in [6, 6.07) is 20.5. The molecule has 2 atom stereocenters. The minimum atomic E-state index is -0.0233. The molecule has 0 spiro atoms. The lowest BCUT2D eigenvalue weighted by molar-refractivity contribution is -0.124. The van der Waals surface area contributed by atoms with Crippen molar-refractivity contribution in [2.24, 2.45) is 5.92 Å². The number of nitrogens with one attached hydrogen (secondary N) is 1. The number of carbonyl (C=O) groups excluding carboxylic acids is 1. The molecule has 0 saturated heterocycles. The SMILES string of the molecule is CC(NC(=O)C(c1ccccc1)C1CCCC1)c1ccccc1. The van der Waals surface area contributed by atoms with E-state index in [0.717, 1.165) is 24.0 Å².